The number of anilines is 1. The van der Waals surface area contributed by atoms with Crippen molar-refractivity contribution in [3.05, 3.63) is 29.8 Å². The van der Waals surface area contributed by atoms with Crippen LogP contribution >= 0.6 is 0 Å². The molecule has 0 aliphatic heterocycles. The fraction of sp³-hybridized carbons (Fsp3) is 0.333. The molecule has 1 aromatic rings. The highest BCUT2D eigenvalue weighted by molar-refractivity contribution is 5.94. The van der Waals surface area contributed by atoms with Gasteiger partial charge in [-0.25, -0.2) is 4.79 Å². The van der Waals surface area contributed by atoms with Gasteiger partial charge in [-0.3, -0.25) is 9.74 Å². The minimum Gasteiger partial charge on any atom is -0.318 e. The van der Waals surface area contributed by atoms with Crippen LogP contribution in [0.5, 0.6) is 0 Å². The maximum Gasteiger partial charge on any atom is 0.471 e. The second-order valence-corrected chi connectivity index (χ2v) is 4.42. The van der Waals surface area contributed by atoms with Crippen molar-refractivity contribution in [1.82, 2.24) is 0 Å². The van der Waals surface area contributed by atoms with E-state index in [0.717, 1.165) is 0 Å². The summed E-state index contributed by atoms with van der Waals surface area (Å²) in [7, 11) is 0. The summed E-state index contributed by atoms with van der Waals surface area (Å²) in [5.41, 5.74) is 0.659. The first-order valence-corrected chi connectivity index (χ1v) is 5.63. The fourth-order valence-corrected chi connectivity index (χ4v) is 1.90. The molecule has 0 heterocycles. The Hall–Kier alpha value is -2.12. The van der Waals surface area contributed by atoms with Crippen molar-refractivity contribution in [1.29, 1.82) is 0 Å². The van der Waals surface area contributed by atoms with Crippen molar-refractivity contribution in [3.8, 4) is 0 Å². The van der Waals surface area contributed by atoms with Crippen LogP contribution in [-0.4, -0.2) is 18.1 Å². The van der Waals surface area contributed by atoms with Crippen molar-refractivity contribution in [2.45, 2.75) is 18.5 Å². The van der Waals surface area contributed by atoms with E-state index in [2.05, 4.69) is 4.94 Å². The Morgan fingerprint density at radius 3 is 2.30 bits per heavy atom. The lowest BCUT2D eigenvalue weighted by atomic mass is 10.1. The predicted molar refractivity (Wildman–Crippen MR) is 59.2 cm³/mol. The molecular formula is C12H9F4NO3. The minimum absolute atomic E-state index is 0.0126. The zero-order valence-corrected chi connectivity index (χ0v) is 9.91. The number of hydrogen-bond acceptors (Lipinski definition) is 3. The van der Waals surface area contributed by atoms with Gasteiger partial charge in [-0.1, -0.05) is 12.1 Å². The van der Waals surface area contributed by atoms with Gasteiger partial charge in [0.2, 0.25) is 0 Å². The van der Waals surface area contributed by atoms with Gasteiger partial charge in [-0.15, -0.1) is 0 Å². The van der Waals surface area contributed by atoms with Crippen LogP contribution < -0.4 is 5.32 Å². The Morgan fingerprint density at radius 1 is 1.20 bits per heavy atom. The molecule has 1 amide bonds. The van der Waals surface area contributed by atoms with Gasteiger partial charge in [0.1, 0.15) is 0 Å². The molecule has 1 aromatic carbocycles. The SMILES string of the molecule is O=C(OF)C1CC1c1ccc(NC(=O)C(F)(F)F)cc1. The highest BCUT2D eigenvalue weighted by Gasteiger charge is 2.46. The molecule has 1 saturated carbocycles. The zero-order chi connectivity index (χ0) is 14.9. The first kappa shape index (κ1) is 14.3. The highest BCUT2D eigenvalue weighted by atomic mass is 19.4. The van der Waals surface area contributed by atoms with Gasteiger partial charge in [0.05, 0.1) is 5.92 Å². The maximum absolute atomic E-state index is 12.0. The minimum atomic E-state index is -4.95. The molecule has 0 aromatic heterocycles. The number of rotatable bonds is 3. The topological polar surface area (TPSA) is 55.4 Å². The third kappa shape index (κ3) is 3.06. The normalized spacial score (nSPS) is 21.2. The van der Waals surface area contributed by atoms with Crippen LogP contribution in [0, 0.1) is 5.92 Å². The van der Waals surface area contributed by atoms with E-state index in [9.17, 15) is 27.3 Å². The number of carbonyl (C=O) groups excluding carboxylic acids is 2. The van der Waals surface area contributed by atoms with Crippen LogP contribution in [0.4, 0.5) is 23.4 Å². The van der Waals surface area contributed by atoms with Crippen LogP contribution in [0.3, 0.4) is 0 Å². The second-order valence-electron chi connectivity index (χ2n) is 4.42. The molecule has 2 rings (SSSR count). The van der Waals surface area contributed by atoms with Gasteiger partial charge in [0.25, 0.3) is 0 Å². The molecule has 0 radical (unpaired) electrons. The van der Waals surface area contributed by atoms with E-state index in [4.69, 9.17) is 0 Å². The molecule has 2 atom stereocenters. The standard InChI is InChI=1S/C12H9F4NO3/c13-12(14,15)11(19)17-7-3-1-6(2-4-7)8-5-9(8)10(18)20-16/h1-4,8-9H,5H2,(H,17,19). The van der Waals surface area contributed by atoms with Crippen LogP contribution in [0.15, 0.2) is 24.3 Å². The van der Waals surface area contributed by atoms with Gasteiger partial charge in [0, 0.05) is 10.2 Å². The first-order valence-electron chi connectivity index (χ1n) is 5.63. The smallest absolute Gasteiger partial charge is 0.318 e. The van der Waals surface area contributed by atoms with Crippen molar-refractivity contribution in [3.63, 3.8) is 0 Å². The number of amides is 1. The van der Waals surface area contributed by atoms with Crippen molar-refractivity contribution < 1.29 is 32.2 Å². The number of benzene rings is 1. The lowest BCUT2D eigenvalue weighted by Gasteiger charge is -2.08. The summed E-state index contributed by atoms with van der Waals surface area (Å²) in [6.07, 6.45) is -4.53. The number of nitrogens with one attached hydrogen (secondary N) is 1. The van der Waals surface area contributed by atoms with Gasteiger partial charge in [0.15, 0.2) is 0 Å². The molecule has 1 fully saturated rings. The summed E-state index contributed by atoms with van der Waals surface area (Å²) in [4.78, 5) is 24.7. The molecule has 1 aliphatic carbocycles. The van der Waals surface area contributed by atoms with Gasteiger partial charge < -0.3 is 5.32 Å². The summed E-state index contributed by atoms with van der Waals surface area (Å²) in [5, 5.41) is 1.70. The lowest BCUT2D eigenvalue weighted by molar-refractivity contribution is -0.185. The molecule has 1 aliphatic rings. The molecule has 0 bridgehead atoms. The molecule has 4 nitrogen and oxygen atoms in total. The summed E-state index contributed by atoms with van der Waals surface area (Å²) >= 11 is 0. The third-order valence-corrected chi connectivity index (χ3v) is 3.02. The number of carbonyl (C=O) groups is 2. The summed E-state index contributed by atoms with van der Waals surface area (Å²) < 4.78 is 47.8. The van der Waals surface area contributed by atoms with Crippen molar-refractivity contribution >= 4 is 17.6 Å². The lowest BCUT2D eigenvalue weighted by Crippen LogP contribution is -2.29. The van der Waals surface area contributed by atoms with Crippen LogP contribution in [0.2, 0.25) is 0 Å². The van der Waals surface area contributed by atoms with E-state index in [-0.39, 0.29) is 11.6 Å². The average Bonchev–Trinajstić information content (AvgIpc) is 3.18. The first-order chi connectivity index (χ1) is 9.32. The van der Waals surface area contributed by atoms with Crippen molar-refractivity contribution in [2.24, 2.45) is 5.92 Å². The molecule has 108 valence electrons. The monoisotopic (exact) mass is 291 g/mol. The number of hydrogen-bond donors (Lipinski definition) is 1. The Balaban J connectivity index is 1.98. The third-order valence-electron chi connectivity index (χ3n) is 3.02. The maximum atomic E-state index is 12.0. The van der Waals surface area contributed by atoms with E-state index in [1.807, 2.05) is 0 Å². The average molecular weight is 291 g/mol. The predicted octanol–water partition coefficient (Wildman–Crippen LogP) is 2.72. The van der Waals surface area contributed by atoms with Crippen molar-refractivity contribution in [2.75, 3.05) is 5.32 Å². The number of alkyl halides is 3. The molecule has 2 unspecified atom stereocenters. The van der Waals surface area contributed by atoms with Gasteiger partial charge >= 0.3 is 18.1 Å². The van der Waals surface area contributed by atoms with Gasteiger partial charge in [-0.2, -0.15) is 13.2 Å². The fourth-order valence-electron chi connectivity index (χ4n) is 1.90. The zero-order valence-electron chi connectivity index (χ0n) is 9.91. The van der Waals surface area contributed by atoms with E-state index >= 15 is 0 Å². The summed E-state index contributed by atoms with van der Waals surface area (Å²) in [5.74, 6) is -3.78. The van der Waals surface area contributed by atoms with E-state index in [0.29, 0.717) is 12.0 Å². The van der Waals surface area contributed by atoms with Gasteiger partial charge in [-0.05, 0) is 30.0 Å². The van der Waals surface area contributed by atoms with E-state index < -0.39 is 24.0 Å². The molecule has 20 heavy (non-hydrogen) atoms. The van der Waals surface area contributed by atoms with Crippen LogP contribution in [0.1, 0.15) is 17.9 Å². The number of halogens is 4. The van der Waals surface area contributed by atoms with Crippen LogP contribution in [-0.2, 0) is 14.5 Å². The van der Waals surface area contributed by atoms with E-state index in [1.54, 1.807) is 5.32 Å². The largest absolute Gasteiger partial charge is 0.471 e. The second kappa shape index (κ2) is 5.10. The van der Waals surface area contributed by atoms with Crippen LogP contribution in [0.25, 0.3) is 0 Å². The van der Waals surface area contributed by atoms with E-state index in [1.165, 1.54) is 24.3 Å². The Bertz CT molecular complexity index is 526. The molecule has 0 spiro atoms. The molecule has 8 heteroatoms. The summed E-state index contributed by atoms with van der Waals surface area (Å²) in [6, 6.07) is 5.52. The summed E-state index contributed by atoms with van der Waals surface area (Å²) in [6.45, 7) is 0. The Kier molecular flexibility index (Phi) is 3.65. The Labute approximate surface area is 110 Å². The Morgan fingerprint density at radius 2 is 1.80 bits per heavy atom. The molecule has 1 N–H and O–H groups in total. The quantitative estimate of drug-likeness (QED) is 0.871. The molecular weight excluding hydrogens is 282 g/mol. The highest BCUT2D eigenvalue weighted by Crippen LogP contribution is 2.48. The molecule has 0 saturated heterocycles.